The molecular formula is C25H30N2O8S. The van der Waals surface area contributed by atoms with Crippen LogP contribution in [0.1, 0.15) is 24.1 Å². The summed E-state index contributed by atoms with van der Waals surface area (Å²) in [6.45, 7) is 2.54. The van der Waals surface area contributed by atoms with Gasteiger partial charge in [0.1, 0.15) is 5.76 Å². The van der Waals surface area contributed by atoms with E-state index in [1.54, 1.807) is 18.2 Å². The Morgan fingerprint density at radius 3 is 2.28 bits per heavy atom. The summed E-state index contributed by atoms with van der Waals surface area (Å²) in [5.41, 5.74) is 0.602. The fourth-order valence-corrected chi connectivity index (χ4v) is 4.83. The zero-order chi connectivity index (χ0) is 26.6. The fourth-order valence-electron chi connectivity index (χ4n) is 3.93. The smallest absolute Gasteiger partial charge is 0.295 e. The lowest BCUT2D eigenvalue weighted by atomic mass is 9.95. The largest absolute Gasteiger partial charge is 0.507 e. The van der Waals surface area contributed by atoms with Gasteiger partial charge in [-0.15, -0.1) is 0 Å². The van der Waals surface area contributed by atoms with Crippen molar-refractivity contribution in [1.29, 1.82) is 0 Å². The lowest BCUT2D eigenvalue weighted by molar-refractivity contribution is -0.140. The first-order chi connectivity index (χ1) is 17.1. The van der Waals surface area contributed by atoms with Gasteiger partial charge in [0.15, 0.2) is 11.5 Å². The molecule has 2 aromatic rings. The molecule has 0 bridgehead atoms. The number of sulfonamides is 1. The molecule has 0 saturated carbocycles. The van der Waals surface area contributed by atoms with Crippen molar-refractivity contribution in [3.63, 3.8) is 0 Å². The molecule has 1 heterocycles. The fraction of sp³-hybridized carbons (Fsp3) is 0.360. The van der Waals surface area contributed by atoms with E-state index in [0.29, 0.717) is 23.7 Å². The Hall–Kier alpha value is -3.41. The van der Waals surface area contributed by atoms with Crippen LogP contribution in [-0.4, -0.2) is 82.5 Å². The molecule has 1 atom stereocenters. The van der Waals surface area contributed by atoms with E-state index in [-0.39, 0.29) is 29.2 Å². The highest BCUT2D eigenvalue weighted by atomic mass is 32.2. The van der Waals surface area contributed by atoms with E-state index in [4.69, 9.17) is 14.2 Å². The quantitative estimate of drug-likeness (QED) is 0.289. The molecule has 0 spiro atoms. The van der Waals surface area contributed by atoms with Gasteiger partial charge >= 0.3 is 0 Å². The van der Waals surface area contributed by atoms with Crippen molar-refractivity contribution in [2.75, 3.05) is 48.1 Å². The maximum Gasteiger partial charge on any atom is 0.295 e. The van der Waals surface area contributed by atoms with Crippen molar-refractivity contribution in [1.82, 2.24) is 9.21 Å². The summed E-state index contributed by atoms with van der Waals surface area (Å²) in [4.78, 5) is 27.4. The van der Waals surface area contributed by atoms with Crippen LogP contribution in [0.15, 0.2) is 52.9 Å². The lowest BCUT2D eigenvalue weighted by Crippen LogP contribution is -2.32. The SMILES string of the molecule is CCOc1ccc(C2C(=C(O)c3ccc(S(=O)(=O)N(C)C)cc3)C(=O)C(=O)N2CCOC)cc1OC. The molecule has 1 N–H and O–H groups in total. The van der Waals surface area contributed by atoms with Crippen LogP contribution < -0.4 is 9.47 Å². The zero-order valence-electron chi connectivity index (χ0n) is 20.8. The second-order valence-corrected chi connectivity index (χ2v) is 10.3. The number of carbonyl (C=O) groups excluding carboxylic acids is 2. The molecule has 3 rings (SSSR count). The number of methoxy groups -OCH3 is 2. The van der Waals surface area contributed by atoms with Gasteiger partial charge < -0.3 is 24.2 Å². The number of ether oxygens (including phenoxy) is 3. The summed E-state index contributed by atoms with van der Waals surface area (Å²) in [6.07, 6.45) is 0. The van der Waals surface area contributed by atoms with Gasteiger partial charge in [0, 0.05) is 33.3 Å². The van der Waals surface area contributed by atoms with Gasteiger partial charge in [-0.2, -0.15) is 0 Å². The highest BCUT2D eigenvalue weighted by Crippen LogP contribution is 2.42. The average molecular weight is 519 g/mol. The maximum absolute atomic E-state index is 13.1. The van der Waals surface area contributed by atoms with Crippen molar-refractivity contribution in [2.45, 2.75) is 17.9 Å². The van der Waals surface area contributed by atoms with Crippen molar-refractivity contribution < 1.29 is 37.3 Å². The number of aliphatic hydroxyl groups is 1. The highest BCUT2D eigenvalue weighted by Gasteiger charge is 2.46. The number of hydrogen-bond donors (Lipinski definition) is 1. The van der Waals surface area contributed by atoms with Crippen molar-refractivity contribution in [3.8, 4) is 11.5 Å². The second-order valence-electron chi connectivity index (χ2n) is 8.14. The summed E-state index contributed by atoms with van der Waals surface area (Å²) in [6, 6.07) is 9.56. The van der Waals surface area contributed by atoms with Crippen LogP contribution in [-0.2, 0) is 24.3 Å². The van der Waals surface area contributed by atoms with E-state index in [1.165, 1.54) is 57.5 Å². The monoisotopic (exact) mass is 518 g/mol. The zero-order valence-corrected chi connectivity index (χ0v) is 21.7. The molecule has 1 aliphatic heterocycles. The Labute approximate surface area is 210 Å². The average Bonchev–Trinajstić information content (AvgIpc) is 3.12. The lowest BCUT2D eigenvalue weighted by Gasteiger charge is -2.25. The Kier molecular flexibility index (Phi) is 8.39. The minimum absolute atomic E-state index is 0.0254. The van der Waals surface area contributed by atoms with Crippen LogP contribution in [0.25, 0.3) is 5.76 Å². The van der Waals surface area contributed by atoms with Crippen LogP contribution in [0, 0.1) is 0 Å². The van der Waals surface area contributed by atoms with Gasteiger partial charge in [-0.25, -0.2) is 12.7 Å². The minimum atomic E-state index is -3.68. The van der Waals surface area contributed by atoms with E-state index in [2.05, 4.69) is 0 Å². The van der Waals surface area contributed by atoms with E-state index >= 15 is 0 Å². The Balaban J connectivity index is 2.16. The minimum Gasteiger partial charge on any atom is -0.507 e. The number of benzene rings is 2. The van der Waals surface area contributed by atoms with Gasteiger partial charge in [0.25, 0.3) is 11.7 Å². The van der Waals surface area contributed by atoms with Gasteiger partial charge in [0.05, 0.1) is 36.8 Å². The maximum atomic E-state index is 13.1. The molecule has 0 aliphatic carbocycles. The van der Waals surface area contributed by atoms with Gasteiger partial charge in [-0.3, -0.25) is 9.59 Å². The Bertz CT molecular complexity index is 1270. The van der Waals surface area contributed by atoms with Crippen molar-refractivity contribution >= 4 is 27.5 Å². The number of rotatable bonds is 10. The van der Waals surface area contributed by atoms with Gasteiger partial charge in [-0.1, -0.05) is 6.07 Å². The Morgan fingerprint density at radius 1 is 1.06 bits per heavy atom. The van der Waals surface area contributed by atoms with Crippen molar-refractivity contribution in [3.05, 3.63) is 59.2 Å². The number of likely N-dealkylation sites (tertiary alicyclic amines) is 1. The molecule has 2 aromatic carbocycles. The molecule has 0 radical (unpaired) electrons. The molecular weight excluding hydrogens is 488 g/mol. The molecule has 36 heavy (non-hydrogen) atoms. The third-order valence-electron chi connectivity index (χ3n) is 5.79. The van der Waals surface area contributed by atoms with Crippen LogP contribution in [0.3, 0.4) is 0 Å². The summed E-state index contributed by atoms with van der Waals surface area (Å²) in [7, 11) is 2.10. The third-order valence-corrected chi connectivity index (χ3v) is 7.62. The first-order valence-corrected chi connectivity index (χ1v) is 12.6. The number of amides is 1. The van der Waals surface area contributed by atoms with Crippen LogP contribution in [0.2, 0.25) is 0 Å². The number of ketones is 1. The number of Topliss-reactive ketones (excluding diaryl/α,β-unsaturated/α-hetero) is 1. The van der Waals surface area contributed by atoms with E-state index in [1.807, 2.05) is 6.92 Å². The molecule has 1 fully saturated rings. The predicted molar refractivity (Wildman–Crippen MR) is 132 cm³/mol. The van der Waals surface area contributed by atoms with Crippen molar-refractivity contribution in [2.24, 2.45) is 0 Å². The number of nitrogens with zero attached hydrogens (tertiary/aromatic N) is 2. The molecule has 1 saturated heterocycles. The van der Waals surface area contributed by atoms with E-state index in [9.17, 15) is 23.1 Å². The van der Waals surface area contributed by atoms with Gasteiger partial charge in [0.2, 0.25) is 10.0 Å². The van der Waals surface area contributed by atoms with Gasteiger partial charge in [-0.05, 0) is 48.9 Å². The number of carbonyl (C=O) groups is 2. The normalized spacial score (nSPS) is 17.6. The molecule has 0 aromatic heterocycles. The highest BCUT2D eigenvalue weighted by molar-refractivity contribution is 7.89. The summed E-state index contributed by atoms with van der Waals surface area (Å²) in [5, 5.41) is 11.2. The third kappa shape index (κ3) is 5.08. The van der Waals surface area contributed by atoms with E-state index in [0.717, 1.165) is 4.31 Å². The molecule has 1 aliphatic rings. The first-order valence-electron chi connectivity index (χ1n) is 11.2. The summed E-state index contributed by atoms with van der Waals surface area (Å²) < 4.78 is 42.0. The first kappa shape index (κ1) is 27.2. The molecule has 10 nitrogen and oxygen atoms in total. The topological polar surface area (TPSA) is 123 Å². The molecule has 1 amide bonds. The summed E-state index contributed by atoms with van der Waals surface area (Å²) >= 11 is 0. The predicted octanol–water partition coefficient (Wildman–Crippen LogP) is 2.41. The van der Waals surface area contributed by atoms with Crippen LogP contribution in [0.4, 0.5) is 0 Å². The standard InChI is InChI=1S/C25H30N2O8S/c1-6-35-19-12-9-17(15-20(19)34-5)22-21(24(29)25(30)27(22)13-14-33-4)23(28)16-7-10-18(11-8-16)36(31,32)26(2)3/h7-12,15,22,28H,6,13-14H2,1-5H3. The Morgan fingerprint density at radius 2 is 1.72 bits per heavy atom. The van der Waals surface area contributed by atoms with Crippen LogP contribution in [0.5, 0.6) is 11.5 Å². The van der Waals surface area contributed by atoms with Crippen LogP contribution >= 0.6 is 0 Å². The summed E-state index contributed by atoms with van der Waals surface area (Å²) in [5.74, 6) is -1.15. The second kappa shape index (κ2) is 11.1. The molecule has 1 unspecified atom stereocenters. The molecule has 11 heteroatoms. The molecule has 194 valence electrons. The number of aliphatic hydroxyl groups excluding tert-OH is 1. The van der Waals surface area contributed by atoms with E-state index < -0.39 is 33.5 Å². The number of hydrogen-bond acceptors (Lipinski definition) is 8.